The molecule has 0 radical (unpaired) electrons. The summed E-state index contributed by atoms with van der Waals surface area (Å²) < 4.78 is 16.1. The highest BCUT2D eigenvalue weighted by molar-refractivity contribution is 9.10. The lowest BCUT2D eigenvalue weighted by molar-refractivity contribution is -0.386. The van der Waals surface area contributed by atoms with Crippen LogP contribution < -0.4 is 9.47 Å². The van der Waals surface area contributed by atoms with Crippen LogP contribution in [0, 0.1) is 10.1 Å². The van der Waals surface area contributed by atoms with Gasteiger partial charge in [0.2, 0.25) is 0 Å². The average Bonchev–Trinajstić information content (AvgIpc) is 2.53. The van der Waals surface area contributed by atoms with Crippen molar-refractivity contribution in [2.24, 2.45) is 0 Å². The Bertz CT molecular complexity index is 523. The van der Waals surface area contributed by atoms with Gasteiger partial charge < -0.3 is 14.2 Å². The fourth-order valence-electron chi connectivity index (χ4n) is 2.12. The number of morpholine rings is 1. The van der Waals surface area contributed by atoms with Crippen molar-refractivity contribution in [1.29, 1.82) is 0 Å². The molecule has 0 saturated carbocycles. The molecule has 0 amide bonds. The van der Waals surface area contributed by atoms with Crippen molar-refractivity contribution in [3.63, 3.8) is 0 Å². The Morgan fingerprint density at radius 3 is 2.86 bits per heavy atom. The molecule has 1 aliphatic rings. The number of halogens is 1. The van der Waals surface area contributed by atoms with Crippen LogP contribution >= 0.6 is 15.9 Å². The zero-order chi connectivity index (χ0) is 15.9. The largest absolute Gasteiger partial charge is 0.488 e. The Kier molecular flexibility index (Phi) is 6.34. The molecule has 122 valence electrons. The number of ether oxygens (including phenoxy) is 3. The first kappa shape index (κ1) is 16.9. The first-order valence-electron chi connectivity index (χ1n) is 6.93. The molecule has 2 rings (SSSR count). The summed E-state index contributed by atoms with van der Waals surface area (Å²) in [4.78, 5) is 16.7. The van der Waals surface area contributed by atoms with Crippen LogP contribution in [0.5, 0.6) is 11.6 Å². The first-order chi connectivity index (χ1) is 10.6. The average molecular weight is 376 g/mol. The third-order valence-corrected chi connectivity index (χ3v) is 3.84. The summed E-state index contributed by atoms with van der Waals surface area (Å²) in [5, 5.41) is 10.9. The van der Waals surface area contributed by atoms with Gasteiger partial charge in [0, 0.05) is 19.6 Å². The molecule has 1 fully saturated rings. The van der Waals surface area contributed by atoms with Crippen molar-refractivity contribution in [3.8, 4) is 11.6 Å². The lowest BCUT2D eigenvalue weighted by Gasteiger charge is -2.26. The molecule has 1 saturated heterocycles. The van der Waals surface area contributed by atoms with E-state index in [4.69, 9.17) is 14.2 Å². The predicted molar refractivity (Wildman–Crippen MR) is 82.5 cm³/mol. The number of nitrogens with zero attached hydrogens (tertiary/aromatic N) is 3. The minimum Gasteiger partial charge on any atom is -0.488 e. The Morgan fingerprint density at radius 1 is 1.50 bits per heavy atom. The molecule has 0 atom stereocenters. The number of aromatic nitrogens is 1. The van der Waals surface area contributed by atoms with Crippen LogP contribution in [0.3, 0.4) is 0 Å². The van der Waals surface area contributed by atoms with Gasteiger partial charge >= 0.3 is 5.69 Å². The smallest absolute Gasteiger partial charge is 0.305 e. The zero-order valence-corrected chi connectivity index (χ0v) is 13.9. The van der Waals surface area contributed by atoms with Gasteiger partial charge in [0.15, 0.2) is 10.4 Å². The van der Waals surface area contributed by atoms with E-state index in [2.05, 4.69) is 25.8 Å². The maximum atomic E-state index is 10.9. The fraction of sp³-hybridized carbons (Fsp3) is 0.615. The summed E-state index contributed by atoms with van der Waals surface area (Å²) >= 11 is 3.05. The Morgan fingerprint density at radius 2 is 2.23 bits per heavy atom. The van der Waals surface area contributed by atoms with Crippen molar-refractivity contribution < 1.29 is 19.1 Å². The zero-order valence-electron chi connectivity index (χ0n) is 12.3. The highest BCUT2D eigenvalue weighted by Gasteiger charge is 2.20. The van der Waals surface area contributed by atoms with Crippen LogP contribution in [-0.4, -0.2) is 61.4 Å². The molecule has 0 aliphatic carbocycles. The molecule has 22 heavy (non-hydrogen) atoms. The normalized spacial score (nSPS) is 15.5. The maximum absolute atomic E-state index is 10.9. The molecule has 0 bridgehead atoms. The van der Waals surface area contributed by atoms with E-state index in [1.54, 1.807) is 0 Å². The van der Waals surface area contributed by atoms with Gasteiger partial charge in [-0.15, -0.1) is 0 Å². The van der Waals surface area contributed by atoms with Crippen LogP contribution in [0.25, 0.3) is 0 Å². The minimum absolute atomic E-state index is 0.120. The van der Waals surface area contributed by atoms with E-state index in [-0.39, 0.29) is 21.9 Å². The van der Waals surface area contributed by atoms with E-state index < -0.39 is 4.92 Å². The fourth-order valence-corrected chi connectivity index (χ4v) is 2.54. The summed E-state index contributed by atoms with van der Waals surface area (Å²) in [6.07, 6.45) is 0.813. The van der Waals surface area contributed by atoms with E-state index in [1.165, 1.54) is 13.2 Å². The molecule has 0 aromatic carbocycles. The number of pyridine rings is 1. The molecule has 2 heterocycles. The van der Waals surface area contributed by atoms with Crippen LogP contribution in [-0.2, 0) is 4.74 Å². The van der Waals surface area contributed by atoms with Crippen molar-refractivity contribution in [1.82, 2.24) is 9.88 Å². The van der Waals surface area contributed by atoms with E-state index in [0.717, 1.165) is 39.3 Å². The second-order valence-corrected chi connectivity index (χ2v) is 5.47. The third-order valence-electron chi connectivity index (χ3n) is 3.26. The number of hydrogen-bond donors (Lipinski definition) is 0. The Labute approximate surface area is 136 Å². The molecule has 0 unspecified atom stereocenters. The number of nitro groups is 1. The van der Waals surface area contributed by atoms with Crippen LogP contribution in [0.4, 0.5) is 5.69 Å². The van der Waals surface area contributed by atoms with Gasteiger partial charge in [0.05, 0.1) is 37.9 Å². The van der Waals surface area contributed by atoms with Gasteiger partial charge in [-0.3, -0.25) is 15.0 Å². The molecule has 1 aliphatic heterocycles. The van der Waals surface area contributed by atoms with E-state index in [9.17, 15) is 10.1 Å². The number of hydrogen-bond acceptors (Lipinski definition) is 7. The van der Waals surface area contributed by atoms with Gasteiger partial charge in [0.1, 0.15) is 0 Å². The van der Waals surface area contributed by atoms with Gasteiger partial charge in [-0.05, 0) is 22.4 Å². The molecular weight excluding hydrogens is 358 g/mol. The summed E-state index contributed by atoms with van der Waals surface area (Å²) in [5.41, 5.74) is -0.149. The van der Waals surface area contributed by atoms with Gasteiger partial charge in [-0.1, -0.05) is 0 Å². The maximum Gasteiger partial charge on any atom is 0.305 e. The number of methoxy groups -OCH3 is 1. The van der Waals surface area contributed by atoms with Gasteiger partial charge in [-0.25, -0.2) is 0 Å². The van der Waals surface area contributed by atoms with Crippen molar-refractivity contribution in [2.75, 3.05) is 46.6 Å². The van der Waals surface area contributed by atoms with Crippen molar-refractivity contribution >= 4 is 21.6 Å². The summed E-state index contributed by atoms with van der Waals surface area (Å²) in [7, 11) is 1.45. The van der Waals surface area contributed by atoms with Crippen LogP contribution in [0.2, 0.25) is 0 Å². The minimum atomic E-state index is -0.517. The van der Waals surface area contributed by atoms with Gasteiger partial charge in [-0.2, -0.15) is 4.98 Å². The summed E-state index contributed by atoms with van der Waals surface area (Å²) in [5.74, 6) is 0.503. The molecule has 1 aromatic rings. The molecule has 9 heteroatoms. The van der Waals surface area contributed by atoms with Crippen molar-refractivity contribution in [2.45, 2.75) is 6.42 Å². The molecule has 8 nitrogen and oxygen atoms in total. The van der Waals surface area contributed by atoms with E-state index in [1.807, 2.05) is 0 Å². The first-order valence-corrected chi connectivity index (χ1v) is 7.73. The van der Waals surface area contributed by atoms with Crippen molar-refractivity contribution in [3.05, 3.63) is 20.8 Å². The lowest BCUT2D eigenvalue weighted by Crippen LogP contribution is -2.37. The standard InChI is InChI=1S/C13H18BrN3O5/c1-20-13-11(9-10(17(18)19)12(14)15-13)22-6-2-3-16-4-7-21-8-5-16/h9H,2-8H2,1H3. The van der Waals surface area contributed by atoms with Crippen LogP contribution in [0.15, 0.2) is 10.7 Å². The summed E-state index contributed by atoms with van der Waals surface area (Å²) in [6, 6.07) is 1.32. The van der Waals surface area contributed by atoms with Gasteiger partial charge in [0.25, 0.3) is 5.88 Å². The molecule has 0 spiro atoms. The number of rotatable bonds is 7. The summed E-state index contributed by atoms with van der Waals surface area (Å²) in [6.45, 7) is 4.71. The predicted octanol–water partition coefficient (Wildman–Crippen LogP) is 1.86. The monoisotopic (exact) mass is 375 g/mol. The molecule has 0 N–H and O–H groups in total. The SMILES string of the molecule is COc1nc(Br)c([N+](=O)[O-])cc1OCCCN1CCOCC1. The highest BCUT2D eigenvalue weighted by atomic mass is 79.9. The molecule has 1 aromatic heterocycles. The lowest BCUT2D eigenvalue weighted by atomic mass is 10.3. The quantitative estimate of drug-likeness (QED) is 0.311. The topological polar surface area (TPSA) is 87.0 Å². The third kappa shape index (κ3) is 4.52. The second-order valence-electron chi connectivity index (χ2n) is 4.72. The Hall–Kier alpha value is -1.45. The highest BCUT2D eigenvalue weighted by Crippen LogP contribution is 2.34. The van der Waals surface area contributed by atoms with E-state index in [0.29, 0.717) is 6.61 Å². The molecular formula is C13H18BrN3O5. The second kappa shape index (κ2) is 8.25. The van der Waals surface area contributed by atoms with E-state index >= 15 is 0 Å². The Balaban J connectivity index is 1.90. The van der Waals surface area contributed by atoms with Crippen LogP contribution in [0.1, 0.15) is 6.42 Å².